The summed E-state index contributed by atoms with van der Waals surface area (Å²) in [4.78, 5) is 31.4. The number of ether oxygens (including phenoxy) is 1. The lowest BCUT2D eigenvalue weighted by atomic mass is 10.3. The molecule has 0 spiro atoms. The summed E-state index contributed by atoms with van der Waals surface area (Å²) in [6, 6.07) is 4.91. The van der Waals surface area contributed by atoms with Crippen molar-refractivity contribution in [2.75, 3.05) is 7.11 Å². The molecule has 0 aliphatic carbocycles. The van der Waals surface area contributed by atoms with Gasteiger partial charge in [-0.25, -0.2) is 0 Å². The van der Waals surface area contributed by atoms with Crippen LogP contribution in [0.5, 0.6) is 5.75 Å². The highest BCUT2D eigenvalue weighted by molar-refractivity contribution is 7.13. The summed E-state index contributed by atoms with van der Waals surface area (Å²) in [5.41, 5.74) is -0.256. The van der Waals surface area contributed by atoms with Gasteiger partial charge in [0.1, 0.15) is 5.69 Å². The number of methoxy groups -OCH3 is 1. The van der Waals surface area contributed by atoms with Crippen molar-refractivity contribution in [2.24, 2.45) is 0 Å². The molecule has 3 heterocycles. The van der Waals surface area contributed by atoms with Gasteiger partial charge in [-0.3, -0.25) is 9.59 Å². The number of thiophene rings is 1. The van der Waals surface area contributed by atoms with Crippen LogP contribution in [0.2, 0.25) is 0 Å². The third-order valence-corrected chi connectivity index (χ3v) is 3.81. The standard InChI is InChI=1S/C14H12N4O4S/c1-21-10-6-15-8(5-9(10)19)13(20)16-7-12-17-14(22-18-12)11-3-2-4-23-11/h2-6H,7H2,1H3,(H,15,19)(H,16,20). The molecule has 0 atom stereocenters. The number of nitrogens with zero attached hydrogens (tertiary/aromatic N) is 2. The van der Waals surface area contributed by atoms with E-state index in [9.17, 15) is 9.59 Å². The highest BCUT2D eigenvalue weighted by atomic mass is 32.1. The zero-order chi connectivity index (χ0) is 16.2. The Labute approximate surface area is 134 Å². The molecule has 0 aromatic carbocycles. The molecule has 0 bridgehead atoms. The molecule has 0 radical (unpaired) electrons. The summed E-state index contributed by atoms with van der Waals surface area (Å²) in [5, 5.41) is 8.31. The van der Waals surface area contributed by atoms with Gasteiger partial charge in [-0.15, -0.1) is 11.3 Å². The molecular weight excluding hydrogens is 320 g/mol. The SMILES string of the molecule is COc1c[nH]c(C(=O)NCc2noc(-c3cccs3)n2)cc1=O. The van der Waals surface area contributed by atoms with Gasteiger partial charge in [-0.1, -0.05) is 11.2 Å². The quantitative estimate of drug-likeness (QED) is 0.731. The van der Waals surface area contributed by atoms with Crippen molar-refractivity contribution in [1.82, 2.24) is 20.4 Å². The van der Waals surface area contributed by atoms with Gasteiger partial charge in [0.05, 0.1) is 18.5 Å². The molecule has 8 nitrogen and oxygen atoms in total. The average molecular weight is 332 g/mol. The van der Waals surface area contributed by atoms with E-state index in [0.717, 1.165) is 4.88 Å². The van der Waals surface area contributed by atoms with Gasteiger partial charge in [-0.05, 0) is 11.4 Å². The normalized spacial score (nSPS) is 10.5. The molecule has 23 heavy (non-hydrogen) atoms. The Hall–Kier alpha value is -2.94. The Bertz CT molecular complexity index is 869. The molecule has 2 N–H and O–H groups in total. The lowest BCUT2D eigenvalue weighted by Gasteiger charge is -2.03. The van der Waals surface area contributed by atoms with E-state index in [-0.39, 0.29) is 23.4 Å². The minimum absolute atomic E-state index is 0.0851. The van der Waals surface area contributed by atoms with Crippen LogP contribution in [0.1, 0.15) is 16.3 Å². The predicted octanol–water partition coefficient (Wildman–Crippen LogP) is 1.43. The maximum absolute atomic E-state index is 12.0. The summed E-state index contributed by atoms with van der Waals surface area (Å²) in [6.45, 7) is 0.0851. The van der Waals surface area contributed by atoms with Crippen molar-refractivity contribution in [3.63, 3.8) is 0 Å². The summed E-state index contributed by atoms with van der Waals surface area (Å²) in [5.74, 6) is 0.437. The second-order valence-corrected chi connectivity index (χ2v) is 5.40. The molecule has 0 aliphatic heterocycles. The number of H-pyrrole nitrogens is 1. The zero-order valence-corrected chi connectivity index (χ0v) is 12.8. The number of hydrogen-bond acceptors (Lipinski definition) is 7. The van der Waals surface area contributed by atoms with Crippen molar-refractivity contribution >= 4 is 17.2 Å². The van der Waals surface area contributed by atoms with Crippen molar-refractivity contribution in [2.45, 2.75) is 6.54 Å². The van der Waals surface area contributed by atoms with Crippen LogP contribution < -0.4 is 15.5 Å². The van der Waals surface area contributed by atoms with Crippen LogP contribution in [-0.4, -0.2) is 28.1 Å². The van der Waals surface area contributed by atoms with E-state index in [1.165, 1.54) is 30.7 Å². The van der Waals surface area contributed by atoms with Crippen LogP contribution in [0, 0.1) is 0 Å². The van der Waals surface area contributed by atoms with Crippen LogP contribution in [0.15, 0.2) is 39.1 Å². The third kappa shape index (κ3) is 3.29. The number of aromatic amines is 1. The number of carbonyl (C=O) groups excluding carboxylic acids is 1. The Morgan fingerprint density at radius 3 is 3.09 bits per heavy atom. The van der Waals surface area contributed by atoms with Crippen LogP contribution in [0.4, 0.5) is 0 Å². The van der Waals surface area contributed by atoms with Crippen molar-refractivity contribution < 1.29 is 14.1 Å². The van der Waals surface area contributed by atoms with E-state index >= 15 is 0 Å². The van der Waals surface area contributed by atoms with Crippen molar-refractivity contribution in [3.8, 4) is 16.5 Å². The number of pyridine rings is 1. The first-order valence-electron chi connectivity index (χ1n) is 6.59. The molecule has 3 rings (SSSR count). The molecule has 0 saturated carbocycles. The Balaban J connectivity index is 1.65. The highest BCUT2D eigenvalue weighted by Gasteiger charge is 2.12. The van der Waals surface area contributed by atoms with Crippen molar-refractivity contribution in [3.05, 3.63) is 51.5 Å². The largest absolute Gasteiger partial charge is 0.491 e. The number of nitrogens with one attached hydrogen (secondary N) is 2. The fraction of sp³-hybridized carbons (Fsp3) is 0.143. The topological polar surface area (TPSA) is 110 Å². The van der Waals surface area contributed by atoms with Gasteiger partial charge < -0.3 is 19.6 Å². The molecule has 9 heteroatoms. The Kier molecular flexibility index (Phi) is 4.20. The molecule has 0 unspecified atom stereocenters. The minimum atomic E-state index is -0.452. The summed E-state index contributed by atoms with van der Waals surface area (Å²) >= 11 is 1.48. The van der Waals surface area contributed by atoms with Gasteiger partial charge in [0.15, 0.2) is 11.6 Å². The van der Waals surface area contributed by atoms with Gasteiger partial charge >= 0.3 is 0 Å². The Morgan fingerprint density at radius 1 is 1.52 bits per heavy atom. The number of carbonyl (C=O) groups is 1. The van der Waals surface area contributed by atoms with Crippen LogP contribution in [0.3, 0.4) is 0 Å². The first-order chi connectivity index (χ1) is 11.2. The first-order valence-corrected chi connectivity index (χ1v) is 7.46. The summed E-state index contributed by atoms with van der Waals surface area (Å²) in [7, 11) is 1.38. The molecule has 3 aromatic heterocycles. The van der Waals surface area contributed by atoms with E-state index < -0.39 is 5.91 Å². The third-order valence-electron chi connectivity index (χ3n) is 2.95. The van der Waals surface area contributed by atoms with Crippen LogP contribution in [-0.2, 0) is 6.54 Å². The van der Waals surface area contributed by atoms with E-state index in [1.54, 1.807) is 0 Å². The van der Waals surface area contributed by atoms with Crippen LogP contribution in [0.25, 0.3) is 10.8 Å². The average Bonchev–Trinajstić information content (AvgIpc) is 3.23. The van der Waals surface area contributed by atoms with Gasteiger partial charge in [0, 0.05) is 12.3 Å². The van der Waals surface area contributed by atoms with Gasteiger partial charge in [-0.2, -0.15) is 4.98 Å². The van der Waals surface area contributed by atoms with Crippen molar-refractivity contribution in [1.29, 1.82) is 0 Å². The van der Waals surface area contributed by atoms with Crippen LogP contribution >= 0.6 is 11.3 Å². The van der Waals surface area contributed by atoms with Gasteiger partial charge in [0.2, 0.25) is 5.43 Å². The molecule has 0 fully saturated rings. The second kappa shape index (κ2) is 6.44. The number of hydrogen-bond donors (Lipinski definition) is 2. The fourth-order valence-corrected chi connectivity index (χ4v) is 2.47. The fourth-order valence-electron chi connectivity index (χ4n) is 1.83. The lowest BCUT2D eigenvalue weighted by Crippen LogP contribution is -2.25. The predicted molar refractivity (Wildman–Crippen MR) is 82.4 cm³/mol. The number of amides is 1. The zero-order valence-electron chi connectivity index (χ0n) is 12.0. The molecular formula is C14H12N4O4S. The summed E-state index contributed by atoms with van der Waals surface area (Å²) in [6.07, 6.45) is 1.33. The number of aromatic nitrogens is 3. The maximum atomic E-state index is 12.0. The monoisotopic (exact) mass is 332 g/mol. The minimum Gasteiger partial charge on any atom is -0.491 e. The molecule has 118 valence electrons. The second-order valence-electron chi connectivity index (χ2n) is 4.46. The Morgan fingerprint density at radius 2 is 2.39 bits per heavy atom. The van der Waals surface area contributed by atoms with E-state index in [0.29, 0.717) is 11.7 Å². The summed E-state index contributed by atoms with van der Waals surface area (Å²) < 4.78 is 9.96. The molecule has 3 aromatic rings. The maximum Gasteiger partial charge on any atom is 0.268 e. The molecule has 0 aliphatic rings. The number of rotatable bonds is 5. The molecule has 1 amide bonds. The van der Waals surface area contributed by atoms with E-state index in [1.807, 2.05) is 17.5 Å². The lowest BCUT2D eigenvalue weighted by molar-refractivity contribution is 0.0944. The smallest absolute Gasteiger partial charge is 0.268 e. The first kappa shape index (κ1) is 15.0. The van der Waals surface area contributed by atoms with Gasteiger partial charge in [0.25, 0.3) is 11.8 Å². The van der Waals surface area contributed by atoms with E-state index in [2.05, 4.69) is 20.4 Å². The highest BCUT2D eigenvalue weighted by Crippen LogP contribution is 2.22. The van der Waals surface area contributed by atoms with E-state index in [4.69, 9.17) is 9.26 Å². The molecule has 0 saturated heterocycles.